The average Bonchev–Trinajstić information content (AvgIpc) is 2.87. The first-order valence-corrected chi connectivity index (χ1v) is 16.4. The van der Waals surface area contributed by atoms with E-state index in [-0.39, 0.29) is 67.4 Å². The fraction of sp³-hybridized carbons (Fsp3) is 0.467. The molecule has 16 nitrogen and oxygen atoms in total. The number of halogens is 2. The molecule has 1 aliphatic rings. The largest absolute Gasteiger partial charge is 2.00 e. The van der Waals surface area contributed by atoms with E-state index in [0.29, 0.717) is 48.4 Å². The van der Waals surface area contributed by atoms with Gasteiger partial charge in [0.15, 0.2) is 0 Å². The first-order valence-electron chi connectivity index (χ1n) is 13.9. The molecule has 1 heterocycles. The zero-order chi connectivity index (χ0) is 35.3. The standard InChI is InChI=1S/C30H40N4O2.2ClHO4.2Cu.2H2O/c1-29(2,3)25-13-21-17-31-9-7-11-33-19-23-15-26(30(4,5)6)16-24(28(23)36)20-34-12-8-10-32-18-22(14-25)27(21)35;2*2-1(3,4)5;;;;/h13-20,35-36H,7-12H2,1-6H3;2*(H,2,3,4,5);;;2*1H2/q;;;2*+2;;/p-4. The van der Waals surface area contributed by atoms with E-state index in [9.17, 15) is 10.2 Å². The zero-order valence-electron chi connectivity index (χ0n) is 28.1. The van der Waals surface area contributed by atoms with Crippen LogP contribution in [0.15, 0.2) is 44.2 Å². The monoisotopic (exact) mass is 846 g/mol. The Kier molecular flexibility index (Phi) is 26.5. The molecule has 0 aliphatic carbocycles. The predicted molar refractivity (Wildman–Crippen MR) is 155 cm³/mol. The van der Waals surface area contributed by atoms with E-state index in [1.165, 1.54) is 0 Å². The molecule has 20 heteroatoms. The molecule has 2 radical (unpaired) electrons. The van der Waals surface area contributed by atoms with Gasteiger partial charge < -0.3 is 21.2 Å². The fourth-order valence-corrected chi connectivity index (χ4v) is 3.76. The van der Waals surface area contributed by atoms with Crippen molar-refractivity contribution >= 4 is 24.9 Å². The summed E-state index contributed by atoms with van der Waals surface area (Å²) in [5, 5.41) is 26.0. The van der Waals surface area contributed by atoms with Crippen LogP contribution >= 0.6 is 0 Å². The molecular weight excluding hydrogens is 806 g/mol. The summed E-state index contributed by atoms with van der Waals surface area (Å²) in [6.07, 6.45) is 8.11. The quantitative estimate of drug-likeness (QED) is 0.226. The molecule has 2 aromatic carbocycles. The Morgan fingerprint density at radius 1 is 0.460 bits per heavy atom. The van der Waals surface area contributed by atoms with E-state index in [0.717, 1.165) is 24.0 Å². The molecule has 0 fully saturated rings. The summed E-state index contributed by atoms with van der Waals surface area (Å²) in [5.74, 6) is -0.117. The normalized spacial score (nSPS) is 13.7. The first kappa shape index (κ1) is 54.7. The maximum Gasteiger partial charge on any atom is 2.00 e. The molecule has 50 heavy (non-hydrogen) atoms. The van der Waals surface area contributed by atoms with E-state index in [1.54, 1.807) is 24.9 Å². The van der Waals surface area contributed by atoms with Gasteiger partial charge in [0.25, 0.3) is 0 Å². The average molecular weight is 849 g/mol. The SMILES string of the molecule is CC(C)(C)c1cc2c([O-])c(c1)C=NCCCN=Cc1cc(C(C)(C)C)cc(c1[O-])C=NCCCN=C2.O.O.[Cu+2].[Cu+2].[O-][Cl+3]([O-])([O-])[O-].[O-][Cl+3]([O-])([O-])[O-]. The van der Waals surface area contributed by atoms with Crippen LogP contribution < -0.4 is 47.5 Å². The maximum absolute atomic E-state index is 13.0. The molecule has 0 saturated carbocycles. The molecule has 1 aliphatic heterocycles. The van der Waals surface area contributed by atoms with E-state index in [1.807, 2.05) is 24.3 Å². The Morgan fingerprint density at radius 2 is 0.640 bits per heavy atom. The van der Waals surface area contributed by atoms with E-state index in [4.69, 9.17) is 37.3 Å². The zero-order valence-corrected chi connectivity index (χ0v) is 31.5. The summed E-state index contributed by atoms with van der Waals surface area (Å²) in [6, 6.07) is 7.71. The molecule has 0 atom stereocenters. The van der Waals surface area contributed by atoms with Gasteiger partial charge in [-0.2, -0.15) is 0 Å². The van der Waals surface area contributed by atoms with Gasteiger partial charge in [0.2, 0.25) is 0 Å². The molecule has 4 N–H and O–H groups in total. The number of benzene rings is 2. The van der Waals surface area contributed by atoms with Crippen LogP contribution in [0.3, 0.4) is 0 Å². The van der Waals surface area contributed by atoms with Crippen molar-refractivity contribution in [1.82, 2.24) is 0 Å². The first-order chi connectivity index (χ1) is 21.0. The third-order valence-corrected chi connectivity index (χ3v) is 6.10. The molecule has 290 valence electrons. The van der Waals surface area contributed by atoms with Crippen LogP contribution in [-0.4, -0.2) is 62.0 Å². The van der Waals surface area contributed by atoms with Crippen LogP contribution in [0, 0.1) is 20.5 Å². The summed E-state index contributed by atoms with van der Waals surface area (Å²) in [6.45, 7) is 14.9. The second-order valence-corrected chi connectivity index (χ2v) is 13.6. The van der Waals surface area contributed by atoms with Gasteiger partial charge in [0.1, 0.15) is 0 Å². The molecular formula is C30H42Cl2Cu2N4O12. The van der Waals surface area contributed by atoms with Crippen molar-refractivity contribution in [3.63, 3.8) is 0 Å². The van der Waals surface area contributed by atoms with E-state index >= 15 is 0 Å². The van der Waals surface area contributed by atoms with Crippen molar-refractivity contribution < 1.29 is 113 Å². The van der Waals surface area contributed by atoms with Crippen molar-refractivity contribution in [3.8, 4) is 11.5 Å². The number of hydrogen-bond acceptors (Lipinski definition) is 14. The minimum atomic E-state index is -4.94. The summed E-state index contributed by atoms with van der Waals surface area (Å²) in [4.78, 5) is 17.9. The van der Waals surface area contributed by atoms with E-state index < -0.39 is 20.5 Å². The van der Waals surface area contributed by atoms with Gasteiger partial charge in [0.05, 0.1) is 0 Å². The number of aliphatic imine (C=N–C) groups is 4. The Bertz CT molecular complexity index is 1220. The summed E-state index contributed by atoms with van der Waals surface area (Å²) in [7, 11) is -9.89. The Labute approximate surface area is 317 Å². The summed E-state index contributed by atoms with van der Waals surface area (Å²) < 4.78 is 67.9. The van der Waals surface area contributed by atoms with Crippen LogP contribution in [0.25, 0.3) is 0 Å². The number of rotatable bonds is 0. The van der Waals surface area contributed by atoms with Gasteiger partial charge in [-0.25, -0.2) is 37.3 Å². The molecule has 0 unspecified atom stereocenters. The summed E-state index contributed by atoms with van der Waals surface area (Å²) in [5.41, 5.74) is 4.26. The Morgan fingerprint density at radius 3 is 0.800 bits per heavy atom. The van der Waals surface area contributed by atoms with Crippen LogP contribution in [-0.2, 0) is 45.0 Å². The molecule has 2 aromatic rings. The molecule has 3 rings (SSSR count). The van der Waals surface area contributed by atoms with Gasteiger partial charge in [0, 0.05) is 51.0 Å². The van der Waals surface area contributed by atoms with Gasteiger partial charge in [-0.1, -0.05) is 77.3 Å². The van der Waals surface area contributed by atoms with Crippen molar-refractivity contribution in [2.24, 2.45) is 20.0 Å². The second-order valence-electron chi connectivity index (χ2n) is 12.1. The predicted octanol–water partition coefficient (Wildman–Crippen LogP) is -6.57. The topological polar surface area (TPSA) is 343 Å². The van der Waals surface area contributed by atoms with E-state index in [2.05, 4.69) is 61.5 Å². The molecule has 0 saturated heterocycles. The molecule has 4 bridgehead atoms. The van der Waals surface area contributed by atoms with Crippen molar-refractivity contribution in [1.29, 1.82) is 0 Å². The summed E-state index contributed by atoms with van der Waals surface area (Å²) >= 11 is 0. The third-order valence-electron chi connectivity index (χ3n) is 6.10. The number of fused-ring (bicyclic) bond motifs is 4. The van der Waals surface area contributed by atoms with Crippen molar-refractivity contribution in [2.75, 3.05) is 26.2 Å². The Hall–Kier alpha value is -2.06. The molecule has 0 aromatic heterocycles. The Balaban J connectivity index is -0.000000665. The van der Waals surface area contributed by atoms with Crippen LogP contribution in [0.4, 0.5) is 0 Å². The van der Waals surface area contributed by atoms with Crippen LogP contribution in [0.5, 0.6) is 11.5 Å². The van der Waals surface area contributed by atoms with Crippen LogP contribution in [0.2, 0.25) is 0 Å². The molecule has 0 spiro atoms. The van der Waals surface area contributed by atoms with Gasteiger partial charge in [-0.3, -0.25) is 20.0 Å². The van der Waals surface area contributed by atoms with Crippen molar-refractivity contribution in [3.05, 3.63) is 57.6 Å². The third kappa shape index (κ3) is 24.2. The van der Waals surface area contributed by atoms with Crippen molar-refractivity contribution in [2.45, 2.75) is 65.2 Å². The minimum absolute atomic E-state index is 0. The number of nitrogens with zero attached hydrogens (tertiary/aromatic N) is 4. The number of hydrogen-bond donors (Lipinski definition) is 0. The smallest absolute Gasteiger partial charge is 0.872 e. The van der Waals surface area contributed by atoms with Gasteiger partial charge in [-0.05, 0) is 57.1 Å². The fourth-order valence-electron chi connectivity index (χ4n) is 3.76. The minimum Gasteiger partial charge on any atom is -0.872 e. The molecule has 0 amide bonds. The van der Waals surface area contributed by atoms with Gasteiger partial charge >= 0.3 is 34.1 Å². The van der Waals surface area contributed by atoms with Gasteiger partial charge in [-0.15, -0.1) is 20.5 Å². The van der Waals surface area contributed by atoms with Crippen LogP contribution in [0.1, 0.15) is 87.8 Å². The second kappa shape index (κ2) is 24.2. The maximum atomic E-state index is 13.0.